The Bertz CT molecular complexity index is 711. The Kier molecular flexibility index (Phi) is 5.94. The van der Waals surface area contributed by atoms with Crippen LogP contribution in [-0.4, -0.2) is 49.7 Å². The molecule has 1 aliphatic heterocycles. The molecule has 0 radical (unpaired) electrons. The molecule has 1 heterocycles. The summed E-state index contributed by atoms with van der Waals surface area (Å²) >= 11 is 6.05. The molecule has 24 heavy (non-hydrogen) atoms. The van der Waals surface area contributed by atoms with E-state index in [1.54, 1.807) is 37.1 Å². The molecule has 134 valence electrons. The number of sulfonamides is 1. The maximum atomic E-state index is 12.9. The van der Waals surface area contributed by atoms with E-state index >= 15 is 0 Å². The lowest BCUT2D eigenvalue weighted by Crippen LogP contribution is -2.45. The van der Waals surface area contributed by atoms with Crippen molar-refractivity contribution in [3.63, 3.8) is 0 Å². The monoisotopic (exact) mass is 372 g/mol. The van der Waals surface area contributed by atoms with Gasteiger partial charge in [-0.15, -0.1) is 0 Å². The predicted octanol–water partition coefficient (Wildman–Crippen LogP) is 2.92. The van der Waals surface area contributed by atoms with Crippen LogP contribution in [0.2, 0.25) is 5.02 Å². The van der Waals surface area contributed by atoms with Gasteiger partial charge in [-0.05, 0) is 51.3 Å². The lowest BCUT2D eigenvalue weighted by molar-refractivity contribution is -0.136. The van der Waals surface area contributed by atoms with Crippen LogP contribution in [0.5, 0.6) is 0 Å². The third-order valence-electron chi connectivity index (χ3n) is 4.76. The largest absolute Gasteiger partial charge is 0.343 e. The Hall–Kier alpha value is -1.11. The van der Waals surface area contributed by atoms with Gasteiger partial charge in [-0.3, -0.25) is 4.79 Å². The fourth-order valence-electron chi connectivity index (χ4n) is 2.89. The maximum Gasteiger partial charge on any atom is 0.243 e. The van der Waals surface area contributed by atoms with E-state index in [1.165, 1.54) is 4.31 Å². The van der Waals surface area contributed by atoms with Crippen molar-refractivity contribution in [2.24, 2.45) is 5.92 Å². The van der Waals surface area contributed by atoms with Crippen LogP contribution in [0, 0.1) is 12.8 Å². The number of piperidine rings is 1. The molecule has 0 aliphatic carbocycles. The first-order chi connectivity index (χ1) is 11.2. The number of hydrogen-bond acceptors (Lipinski definition) is 3. The molecule has 2 rings (SSSR count). The van der Waals surface area contributed by atoms with Crippen LogP contribution in [0.4, 0.5) is 0 Å². The van der Waals surface area contributed by atoms with E-state index in [4.69, 9.17) is 11.6 Å². The number of nitrogens with zero attached hydrogens (tertiary/aromatic N) is 2. The highest BCUT2D eigenvalue weighted by molar-refractivity contribution is 7.89. The number of amides is 1. The van der Waals surface area contributed by atoms with E-state index in [9.17, 15) is 13.2 Å². The standard InChI is InChI=1S/C17H25ClN2O3S/c1-12(2)19(4)17(21)14-8-10-20(11-9-14)24(22,23)16-7-5-6-15(18)13(16)3/h5-7,12,14H,8-11H2,1-4H3. The molecule has 1 saturated heterocycles. The highest BCUT2D eigenvalue weighted by atomic mass is 35.5. The van der Waals surface area contributed by atoms with Crippen LogP contribution in [0.25, 0.3) is 0 Å². The summed E-state index contributed by atoms with van der Waals surface area (Å²) in [6.07, 6.45) is 1.10. The highest BCUT2D eigenvalue weighted by Crippen LogP contribution is 2.29. The molecule has 0 bridgehead atoms. The first-order valence-electron chi connectivity index (χ1n) is 8.18. The van der Waals surface area contributed by atoms with Crippen molar-refractivity contribution >= 4 is 27.5 Å². The molecule has 1 aromatic carbocycles. The second-order valence-corrected chi connectivity index (χ2v) is 8.90. The van der Waals surface area contributed by atoms with Crippen molar-refractivity contribution in [2.45, 2.75) is 44.6 Å². The molecule has 1 aliphatic rings. The van der Waals surface area contributed by atoms with Crippen LogP contribution < -0.4 is 0 Å². The minimum absolute atomic E-state index is 0.0981. The summed E-state index contributed by atoms with van der Waals surface area (Å²) in [7, 11) is -1.78. The SMILES string of the molecule is Cc1c(Cl)cccc1S(=O)(=O)N1CCC(C(=O)N(C)C(C)C)CC1. The fourth-order valence-corrected chi connectivity index (χ4v) is 4.84. The Morgan fingerprint density at radius 1 is 1.29 bits per heavy atom. The quantitative estimate of drug-likeness (QED) is 0.816. The Balaban J connectivity index is 2.11. The van der Waals surface area contributed by atoms with E-state index in [1.807, 2.05) is 13.8 Å². The van der Waals surface area contributed by atoms with Crippen LogP contribution in [0.1, 0.15) is 32.3 Å². The van der Waals surface area contributed by atoms with E-state index in [0.717, 1.165) is 0 Å². The third kappa shape index (κ3) is 3.76. The van der Waals surface area contributed by atoms with Gasteiger partial charge in [0, 0.05) is 37.1 Å². The van der Waals surface area contributed by atoms with E-state index < -0.39 is 10.0 Å². The summed E-state index contributed by atoms with van der Waals surface area (Å²) in [5.74, 6) is -0.00899. The minimum atomic E-state index is -3.58. The number of halogens is 1. The topological polar surface area (TPSA) is 57.7 Å². The minimum Gasteiger partial charge on any atom is -0.343 e. The van der Waals surface area contributed by atoms with Crippen molar-refractivity contribution < 1.29 is 13.2 Å². The van der Waals surface area contributed by atoms with Gasteiger partial charge in [-0.2, -0.15) is 4.31 Å². The second kappa shape index (κ2) is 7.42. The van der Waals surface area contributed by atoms with E-state index in [2.05, 4.69) is 0 Å². The average Bonchev–Trinajstić information content (AvgIpc) is 2.55. The van der Waals surface area contributed by atoms with Gasteiger partial charge < -0.3 is 4.90 Å². The number of benzene rings is 1. The maximum absolute atomic E-state index is 12.9. The van der Waals surface area contributed by atoms with Crippen molar-refractivity contribution in [1.29, 1.82) is 0 Å². The fraction of sp³-hybridized carbons (Fsp3) is 0.588. The van der Waals surface area contributed by atoms with Crippen molar-refractivity contribution in [3.8, 4) is 0 Å². The van der Waals surface area contributed by atoms with Crippen molar-refractivity contribution in [1.82, 2.24) is 9.21 Å². The summed E-state index contributed by atoms with van der Waals surface area (Å²) in [6, 6.07) is 5.06. The smallest absolute Gasteiger partial charge is 0.243 e. The van der Waals surface area contributed by atoms with Gasteiger partial charge >= 0.3 is 0 Å². The van der Waals surface area contributed by atoms with E-state index in [-0.39, 0.29) is 22.8 Å². The number of rotatable bonds is 4. The molecule has 0 saturated carbocycles. The Morgan fingerprint density at radius 2 is 1.88 bits per heavy atom. The second-order valence-electron chi connectivity index (χ2n) is 6.58. The van der Waals surface area contributed by atoms with Crippen LogP contribution >= 0.6 is 11.6 Å². The lowest BCUT2D eigenvalue weighted by atomic mass is 9.96. The Morgan fingerprint density at radius 3 is 2.42 bits per heavy atom. The summed E-state index contributed by atoms with van der Waals surface area (Å²) in [5.41, 5.74) is 0.567. The normalized spacial score (nSPS) is 17.2. The molecule has 5 nitrogen and oxygen atoms in total. The molecule has 0 N–H and O–H groups in total. The molecule has 0 spiro atoms. The van der Waals surface area contributed by atoms with Crippen LogP contribution in [0.15, 0.2) is 23.1 Å². The zero-order chi connectivity index (χ0) is 18.1. The number of carbonyl (C=O) groups is 1. The first-order valence-corrected chi connectivity index (χ1v) is 10.00. The first kappa shape index (κ1) is 19.2. The van der Waals surface area contributed by atoms with Gasteiger partial charge in [0.25, 0.3) is 0 Å². The van der Waals surface area contributed by atoms with Gasteiger partial charge in [0.1, 0.15) is 0 Å². The van der Waals surface area contributed by atoms with Crippen LogP contribution in [-0.2, 0) is 14.8 Å². The third-order valence-corrected chi connectivity index (χ3v) is 7.21. The molecular weight excluding hydrogens is 348 g/mol. The van der Waals surface area contributed by atoms with Gasteiger partial charge in [0.15, 0.2) is 0 Å². The molecule has 0 unspecified atom stereocenters. The molecule has 7 heteroatoms. The summed E-state index contributed by atoms with van der Waals surface area (Å²) in [6.45, 7) is 6.37. The van der Waals surface area contributed by atoms with Gasteiger partial charge in [-0.1, -0.05) is 17.7 Å². The van der Waals surface area contributed by atoms with Crippen LogP contribution in [0.3, 0.4) is 0 Å². The lowest BCUT2D eigenvalue weighted by Gasteiger charge is -2.33. The van der Waals surface area contributed by atoms with Crippen molar-refractivity contribution in [3.05, 3.63) is 28.8 Å². The predicted molar refractivity (Wildman–Crippen MR) is 95.6 cm³/mol. The molecule has 1 aromatic rings. The zero-order valence-corrected chi connectivity index (χ0v) is 16.2. The molecule has 1 amide bonds. The average molecular weight is 373 g/mol. The number of carbonyl (C=O) groups excluding carboxylic acids is 1. The summed E-state index contributed by atoms with van der Waals surface area (Å²) in [4.78, 5) is 14.4. The molecule has 0 aromatic heterocycles. The highest BCUT2D eigenvalue weighted by Gasteiger charge is 2.34. The van der Waals surface area contributed by atoms with Gasteiger partial charge in [-0.25, -0.2) is 8.42 Å². The molecular formula is C17H25ClN2O3S. The van der Waals surface area contributed by atoms with Gasteiger partial charge in [0.2, 0.25) is 15.9 Å². The van der Waals surface area contributed by atoms with Gasteiger partial charge in [0.05, 0.1) is 4.90 Å². The van der Waals surface area contributed by atoms with E-state index in [0.29, 0.717) is 36.5 Å². The Labute approximate surface area is 149 Å². The zero-order valence-electron chi connectivity index (χ0n) is 14.6. The molecule has 1 fully saturated rings. The van der Waals surface area contributed by atoms with Crippen molar-refractivity contribution in [2.75, 3.05) is 20.1 Å². The summed E-state index contributed by atoms with van der Waals surface area (Å²) < 4.78 is 27.2. The number of hydrogen-bond donors (Lipinski definition) is 0. The summed E-state index contributed by atoms with van der Waals surface area (Å²) in [5, 5.41) is 0.444. The molecule has 0 atom stereocenters.